The van der Waals surface area contributed by atoms with Crippen molar-refractivity contribution in [3.8, 4) is 0 Å². The number of nitrogens with zero attached hydrogens (tertiary/aromatic N) is 1. The van der Waals surface area contributed by atoms with Crippen molar-refractivity contribution < 1.29 is 9.59 Å². The molecule has 3 aromatic carbocycles. The summed E-state index contributed by atoms with van der Waals surface area (Å²) in [5, 5.41) is 5.02. The van der Waals surface area contributed by atoms with E-state index < -0.39 is 0 Å². The van der Waals surface area contributed by atoms with E-state index in [1.54, 1.807) is 54.6 Å². The van der Waals surface area contributed by atoms with E-state index in [0.717, 1.165) is 11.1 Å². The first kappa shape index (κ1) is 20.5. The highest BCUT2D eigenvalue weighted by molar-refractivity contribution is 6.31. The molecular formula is C23H16Cl2N2O2. The van der Waals surface area contributed by atoms with Gasteiger partial charge in [-0.05, 0) is 59.7 Å². The Kier molecular flexibility index (Phi) is 6.95. The fraction of sp³-hybridized carbons (Fsp3) is 0. The molecule has 3 aromatic rings. The minimum atomic E-state index is -0.344. The number of carbonyl (C=O) groups excluding carboxylic acids is 2. The quantitative estimate of drug-likeness (QED) is 0.241. The Bertz CT molecular complexity index is 1070. The Morgan fingerprint density at radius 3 is 2.17 bits per heavy atom. The van der Waals surface area contributed by atoms with E-state index in [1.807, 2.05) is 24.3 Å². The maximum Gasteiger partial charge on any atom is 0.271 e. The molecule has 3 rings (SSSR count). The van der Waals surface area contributed by atoms with Gasteiger partial charge in [-0.25, -0.2) is 5.43 Å². The molecule has 0 heterocycles. The van der Waals surface area contributed by atoms with E-state index in [0.29, 0.717) is 21.2 Å². The van der Waals surface area contributed by atoms with Crippen LogP contribution in [-0.4, -0.2) is 17.9 Å². The molecule has 6 heteroatoms. The predicted molar refractivity (Wildman–Crippen MR) is 118 cm³/mol. The lowest BCUT2D eigenvalue weighted by molar-refractivity contribution is 0.0954. The van der Waals surface area contributed by atoms with E-state index in [4.69, 9.17) is 23.2 Å². The van der Waals surface area contributed by atoms with Gasteiger partial charge in [0.1, 0.15) is 0 Å². The van der Waals surface area contributed by atoms with Gasteiger partial charge in [0.25, 0.3) is 5.91 Å². The summed E-state index contributed by atoms with van der Waals surface area (Å²) < 4.78 is 0. The van der Waals surface area contributed by atoms with Crippen LogP contribution in [0.4, 0.5) is 0 Å². The largest absolute Gasteiger partial charge is 0.289 e. The number of allylic oxidation sites excluding steroid dienone is 1. The second-order valence-corrected chi connectivity index (χ2v) is 6.95. The normalized spacial score (nSPS) is 11.1. The molecule has 0 atom stereocenters. The Hall–Kier alpha value is -3.21. The highest BCUT2D eigenvalue weighted by atomic mass is 35.5. The summed E-state index contributed by atoms with van der Waals surface area (Å²) in [6.45, 7) is 0. The van der Waals surface area contributed by atoms with Crippen LogP contribution < -0.4 is 5.43 Å². The highest BCUT2D eigenvalue weighted by Crippen LogP contribution is 2.12. The van der Waals surface area contributed by atoms with E-state index >= 15 is 0 Å². The van der Waals surface area contributed by atoms with Gasteiger partial charge in [-0.15, -0.1) is 0 Å². The third kappa shape index (κ3) is 6.14. The van der Waals surface area contributed by atoms with Gasteiger partial charge in [0.2, 0.25) is 0 Å². The summed E-state index contributed by atoms with van der Waals surface area (Å²) >= 11 is 11.7. The Labute approximate surface area is 178 Å². The summed E-state index contributed by atoms with van der Waals surface area (Å²) in [4.78, 5) is 24.1. The molecule has 0 bridgehead atoms. The van der Waals surface area contributed by atoms with Crippen molar-refractivity contribution in [2.45, 2.75) is 0 Å². The fourth-order valence-corrected chi connectivity index (χ4v) is 2.75. The third-order valence-corrected chi connectivity index (χ3v) is 4.45. The maximum atomic E-state index is 12.1. The monoisotopic (exact) mass is 422 g/mol. The van der Waals surface area contributed by atoms with Crippen LogP contribution in [0.2, 0.25) is 10.0 Å². The van der Waals surface area contributed by atoms with Gasteiger partial charge in [-0.2, -0.15) is 5.10 Å². The van der Waals surface area contributed by atoms with Crippen molar-refractivity contribution >= 4 is 47.2 Å². The fourth-order valence-electron chi connectivity index (χ4n) is 2.44. The molecule has 0 aliphatic carbocycles. The van der Waals surface area contributed by atoms with Crippen LogP contribution in [-0.2, 0) is 0 Å². The van der Waals surface area contributed by atoms with Crippen LogP contribution in [0.25, 0.3) is 6.08 Å². The first-order chi connectivity index (χ1) is 14.0. The van der Waals surface area contributed by atoms with Gasteiger partial charge in [-0.3, -0.25) is 9.59 Å². The van der Waals surface area contributed by atoms with Crippen LogP contribution in [0.5, 0.6) is 0 Å². The van der Waals surface area contributed by atoms with E-state index in [9.17, 15) is 9.59 Å². The number of halogens is 2. The Balaban J connectivity index is 1.57. The number of rotatable bonds is 6. The van der Waals surface area contributed by atoms with Crippen LogP contribution in [0.3, 0.4) is 0 Å². The number of hydrogen-bond acceptors (Lipinski definition) is 3. The summed E-state index contributed by atoms with van der Waals surface area (Å²) in [5.41, 5.74) is 5.13. The molecule has 0 radical (unpaired) electrons. The molecule has 29 heavy (non-hydrogen) atoms. The zero-order valence-corrected chi connectivity index (χ0v) is 16.7. The molecule has 0 saturated carbocycles. The van der Waals surface area contributed by atoms with Gasteiger partial charge in [0.05, 0.1) is 6.21 Å². The number of benzene rings is 3. The molecule has 0 spiro atoms. The lowest BCUT2D eigenvalue weighted by Gasteiger charge is -2.00. The van der Waals surface area contributed by atoms with Crippen molar-refractivity contribution in [2.24, 2.45) is 5.10 Å². The maximum absolute atomic E-state index is 12.1. The SMILES string of the molecule is O=C(/C=C/c1ccc(/C=N/NC(=O)c2cccc(Cl)c2)cc1)c1ccc(Cl)cc1. The molecule has 0 fully saturated rings. The molecule has 0 aliphatic heterocycles. The van der Waals surface area contributed by atoms with Gasteiger partial charge < -0.3 is 0 Å². The third-order valence-electron chi connectivity index (χ3n) is 3.96. The molecule has 0 aliphatic rings. The smallest absolute Gasteiger partial charge is 0.271 e. The van der Waals surface area contributed by atoms with E-state index in [1.165, 1.54) is 12.3 Å². The standard InChI is InChI=1S/C23H16Cl2N2O2/c24-20-11-9-18(10-12-20)22(28)13-8-16-4-6-17(7-5-16)15-26-27-23(29)19-2-1-3-21(25)14-19/h1-15H,(H,27,29)/b13-8+,26-15+. The highest BCUT2D eigenvalue weighted by Gasteiger charge is 2.04. The summed E-state index contributed by atoms with van der Waals surface area (Å²) in [7, 11) is 0. The topological polar surface area (TPSA) is 58.5 Å². The Morgan fingerprint density at radius 2 is 1.48 bits per heavy atom. The van der Waals surface area contributed by atoms with Crippen molar-refractivity contribution in [3.05, 3.63) is 111 Å². The number of amides is 1. The number of ketones is 1. The number of carbonyl (C=O) groups is 2. The molecule has 0 saturated heterocycles. The minimum Gasteiger partial charge on any atom is -0.289 e. The van der Waals surface area contributed by atoms with Crippen LogP contribution in [0.15, 0.2) is 84.0 Å². The molecule has 0 aromatic heterocycles. The summed E-state index contributed by atoms with van der Waals surface area (Å²) in [6, 6.07) is 20.7. The van der Waals surface area contributed by atoms with Crippen LogP contribution in [0.1, 0.15) is 31.8 Å². The molecular weight excluding hydrogens is 407 g/mol. The zero-order valence-electron chi connectivity index (χ0n) is 15.2. The van der Waals surface area contributed by atoms with E-state index in [-0.39, 0.29) is 11.7 Å². The molecule has 0 unspecified atom stereocenters. The lowest BCUT2D eigenvalue weighted by Crippen LogP contribution is -2.17. The van der Waals surface area contributed by atoms with Gasteiger partial charge in [0.15, 0.2) is 5.78 Å². The van der Waals surface area contributed by atoms with Gasteiger partial charge in [-0.1, -0.05) is 59.6 Å². The van der Waals surface area contributed by atoms with Gasteiger partial charge >= 0.3 is 0 Å². The summed E-state index contributed by atoms with van der Waals surface area (Å²) in [6.07, 6.45) is 4.78. The zero-order chi connectivity index (χ0) is 20.6. The van der Waals surface area contributed by atoms with Crippen molar-refractivity contribution in [3.63, 3.8) is 0 Å². The molecule has 1 N–H and O–H groups in total. The van der Waals surface area contributed by atoms with Crippen LogP contribution in [0, 0.1) is 0 Å². The number of hydrogen-bond donors (Lipinski definition) is 1. The average molecular weight is 423 g/mol. The van der Waals surface area contributed by atoms with Gasteiger partial charge in [0, 0.05) is 21.2 Å². The van der Waals surface area contributed by atoms with Crippen LogP contribution >= 0.6 is 23.2 Å². The van der Waals surface area contributed by atoms with Crippen molar-refractivity contribution in [1.82, 2.24) is 5.43 Å². The first-order valence-electron chi connectivity index (χ1n) is 8.68. The summed E-state index contributed by atoms with van der Waals surface area (Å²) in [5.74, 6) is -0.444. The van der Waals surface area contributed by atoms with Crippen molar-refractivity contribution in [2.75, 3.05) is 0 Å². The predicted octanol–water partition coefficient (Wildman–Crippen LogP) is 5.65. The second-order valence-electron chi connectivity index (χ2n) is 6.08. The van der Waals surface area contributed by atoms with E-state index in [2.05, 4.69) is 10.5 Å². The minimum absolute atomic E-state index is 0.101. The molecule has 144 valence electrons. The first-order valence-corrected chi connectivity index (χ1v) is 9.44. The second kappa shape index (κ2) is 9.82. The van der Waals surface area contributed by atoms with Crippen molar-refractivity contribution in [1.29, 1.82) is 0 Å². The number of hydrazone groups is 1. The molecule has 1 amide bonds. The Morgan fingerprint density at radius 1 is 0.793 bits per heavy atom. The lowest BCUT2D eigenvalue weighted by atomic mass is 10.1. The average Bonchev–Trinajstić information content (AvgIpc) is 2.73. The number of nitrogens with one attached hydrogen (secondary N) is 1. The molecule has 4 nitrogen and oxygen atoms in total.